The SMILES string of the molecule is COc1ccc(-c2nnc(SCc3csc(-c4ccccc4Cl)n3)n2CC2CCCO2)cc1. The zero-order chi connectivity index (χ0) is 22.6. The van der Waals surface area contributed by atoms with Crippen molar-refractivity contribution in [3.8, 4) is 27.7 Å². The third-order valence-electron chi connectivity index (χ3n) is 5.48. The van der Waals surface area contributed by atoms with Gasteiger partial charge in [0.1, 0.15) is 10.8 Å². The first kappa shape index (κ1) is 22.4. The average Bonchev–Trinajstić information content (AvgIpc) is 3.60. The monoisotopic (exact) mass is 498 g/mol. The van der Waals surface area contributed by atoms with Crippen LogP contribution in [-0.2, 0) is 17.0 Å². The van der Waals surface area contributed by atoms with Crippen LogP contribution < -0.4 is 4.74 Å². The third-order valence-corrected chi connectivity index (χ3v) is 7.73. The van der Waals surface area contributed by atoms with Gasteiger partial charge in [-0.3, -0.25) is 4.57 Å². The number of rotatable bonds is 8. The van der Waals surface area contributed by atoms with Gasteiger partial charge in [-0.2, -0.15) is 0 Å². The Bertz CT molecular complexity index is 1220. The van der Waals surface area contributed by atoms with Gasteiger partial charge >= 0.3 is 0 Å². The molecule has 0 spiro atoms. The fourth-order valence-corrected chi connectivity index (χ4v) is 5.86. The summed E-state index contributed by atoms with van der Waals surface area (Å²) in [5.41, 5.74) is 2.96. The summed E-state index contributed by atoms with van der Waals surface area (Å²) in [6.45, 7) is 1.55. The van der Waals surface area contributed by atoms with E-state index in [2.05, 4.69) is 20.1 Å². The van der Waals surface area contributed by atoms with Gasteiger partial charge in [0.25, 0.3) is 0 Å². The van der Waals surface area contributed by atoms with Crippen molar-refractivity contribution < 1.29 is 9.47 Å². The van der Waals surface area contributed by atoms with Crippen LogP contribution in [0.1, 0.15) is 18.5 Å². The van der Waals surface area contributed by atoms with E-state index in [1.54, 1.807) is 30.2 Å². The van der Waals surface area contributed by atoms with Crippen molar-refractivity contribution in [2.45, 2.75) is 36.4 Å². The molecule has 1 aliphatic heterocycles. The van der Waals surface area contributed by atoms with Crippen LogP contribution in [0.3, 0.4) is 0 Å². The van der Waals surface area contributed by atoms with Crippen LogP contribution in [0.4, 0.5) is 0 Å². The summed E-state index contributed by atoms with van der Waals surface area (Å²) < 4.78 is 13.4. The number of methoxy groups -OCH3 is 1. The predicted molar refractivity (Wildman–Crippen MR) is 133 cm³/mol. The highest BCUT2D eigenvalue weighted by Gasteiger charge is 2.22. The molecule has 1 aliphatic rings. The molecule has 33 heavy (non-hydrogen) atoms. The van der Waals surface area contributed by atoms with Gasteiger partial charge in [-0.25, -0.2) is 4.98 Å². The second-order valence-electron chi connectivity index (χ2n) is 7.69. The highest BCUT2D eigenvalue weighted by molar-refractivity contribution is 7.98. The molecule has 0 N–H and O–H groups in total. The van der Waals surface area contributed by atoms with E-state index < -0.39 is 0 Å². The van der Waals surface area contributed by atoms with E-state index >= 15 is 0 Å². The number of hydrogen-bond acceptors (Lipinski definition) is 7. The Balaban J connectivity index is 1.37. The third kappa shape index (κ3) is 5.09. The lowest BCUT2D eigenvalue weighted by atomic mass is 10.2. The highest BCUT2D eigenvalue weighted by atomic mass is 35.5. The van der Waals surface area contributed by atoms with Crippen molar-refractivity contribution in [3.05, 3.63) is 64.6 Å². The molecule has 1 atom stereocenters. The Hall–Kier alpha value is -2.39. The molecule has 0 saturated carbocycles. The van der Waals surface area contributed by atoms with E-state index in [-0.39, 0.29) is 6.10 Å². The normalized spacial score (nSPS) is 15.8. The van der Waals surface area contributed by atoms with Gasteiger partial charge in [-0.15, -0.1) is 21.5 Å². The van der Waals surface area contributed by atoms with Crippen LogP contribution in [0.2, 0.25) is 5.02 Å². The van der Waals surface area contributed by atoms with E-state index in [1.165, 1.54) is 0 Å². The van der Waals surface area contributed by atoms with Crippen LogP contribution in [0, 0.1) is 0 Å². The lowest BCUT2D eigenvalue weighted by Crippen LogP contribution is -2.16. The van der Waals surface area contributed by atoms with Gasteiger partial charge in [-0.1, -0.05) is 41.6 Å². The number of benzene rings is 2. The molecular formula is C24H23ClN4O2S2. The first-order valence-electron chi connectivity index (χ1n) is 10.7. The van der Waals surface area contributed by atoms with Crippen LogP contribution >= 0.6 is 34.7 Å². The maximum Gasteiger partial charge on any atom is 0.191 e. The molecule has 170 valence electrons. The highest BCUT2D eigenvalue weighted by Crippen LogP contribution is 2.33. The van der Waals surface area contributed by atoms with Crippen molar-refractivity contribution in [2.75, 3.05) is 13.7 Å². The molecule has 0 radical (unpaired) electrons. The Morgan fingerprint density at radius 2 is 2.03 bits per heavy atom. The Kier molecular flexibility index (Phi) is 6.96. The molecule has 0 bridgehead atoms. The van der Waals surface area contributed by atoms with Crippen LogP contribution in [-0.4, -0.2) is 39.6 Å². The predicted octanol–water partition coefficient (Wildman–Crippen LogP) is 6.20. The van der Waals surface area contributed by atoms with Crippen molar-refractivity contribution in [1.82, 2.24) is 19.7 Å². The fourth-order valence-electron chi connectivity index (χ4n) is 3.78. The molecule has 3 heterocycles. The van der Waals surface area contributed by atoms with E-state index in [4.69, 9.17) is 26.1 Å². The van der Waals surface area contributed by atoms with Gasteiger partial charge in [0.15, 0.2) is 11.0 Å². The quantitative estimate of drug-likeness (QED) is 0.269. The van der Waals surface area contributed by atoms with Crippen molar-refractivity contribution >= 4 is 34.7 Å². The van der Waals surface area contributed by atoms with Gasteiger partial charge in [0, 0.05) is 28.9 Å². The minimum absolute atomic E-state index is 0.184. The molecule has 1 fully saturated rings. The molecule has 0 aliphatic carbocycles. The summed E-state index contributed by atoms with van der Waals surface area (Å²) in [5, 5.41) is 13.6. The zero-order valence-electron chi connectivity index (χ0n) is 18.1. The molecule has 4 aromatic rings. The molecule has 2 aromatic heterocycles. The Morgan fingerprint density at radius 3 is 2.79 bits per heavy atom. The molecular weight excluding hydrogens is 476 g/mol. The van der Waals surface area contributed by atoms with E-state index in [9.17, 15) is 0 Å². The molecule has 0 amide bonds. The minimum atomic E-state index is 0.184. The topological polar surface area (TPSA) is 62.1 Å². The van der Waals surface area contributed by atoms with E-state index in [0.29, 0.717) is 10.8 Å². The van der Waals surface area contributed by atoms with Gasteiger partial charge < -0.3 is 9.47 Å². The van der Waals surface area contributed by atoms with Crippen LogP contribution in [0.25, 0.3) is 22.0 Å². The number of thioether (sulfide) groups is 1. The summed E-state index contributed by atoms with van der Waals surface area (Å²) in [6, 6.07) is 15.7. The standard InChI is InChI=1S/C24H23ClN4O2S2/c1-30-18-10-8-16(9-11-18)22-27-28-24(29(22)13-19-5-4-12-31-19)33-15-17-14-32-23(26-17)20-6-2-3-7-21(20)25/h2-3,6-11,14,19H,4-5,12-13,15H2,1H3. The molecule has 5 rings (SSSR count). The fraction of sp³-hybridized carbons (Fsp3) is 0.292. The first-order valence-corrected chi connectivity index (χ1v) is 13.0. The summed E-state index contributed by atoms with van der Waals surface area (Å²) in [5.74, 6) is 2.36. The van der Waals surface area contributed by atoms with E-state index in [0.717, 1.165) is 64.6 Å². The van der Waals surface area contributed by atoms with E-state index in [1.807, 2.05) is 48.5 Å². The summed E-state index contributed by atoms with van der Waals surface area (Å²) in [7, 11) is 1.67. The van der Waals surface area contributed by atoms with Gasteiger partial charge in [0.2, 0.25) is 0 Å². The van der Waals surface area contributed by atoms with Gasteiger partial charge in [0.05, 0.1) is 30.5 Å². The summed E-state index contributed by atoms with van der Waals surface area (Å²) in [4.78, 5) is 4.79. The van der Waals surface area contributed by atoms with Crippen LogP contribution in [0.5, 0.6) is 5.75 Å². The maximum absolute atomic E-state index is 6.34. The second kappa shape index (κ2) is 10.3. The van der Waals surface area contributed by atoms with Crippen molar-refractivity contribution in [1.29, 1.82) is 0 Å². The number of thiazole rings is 1. The molecule has 9 heteroatoms. The van der Waals surface area contributed by atoms with Crippen molar-refractivity contribution in [2.24, 2.45) is 0 Å². The van der Waals surface area contributed by atoms with Gasteiger partial charge in [-0.05, 0) is 43.2 Å². The number of ether oxygens (including phenoxy) is 2. The smallest absolute Gasteiger partial charge is 0.191 e. The number of nitrogens with zero attached hydrogens (tertiary/aromatic N) is 4. The van der Waals surface area contributed by atoms with Crippen molar-refractivity contribution in [3.63, 3.8) is 0 Å². The molecule has 2 aromatic carbocycles. The zero-order valence-corrected chi connectivity index (χ0v) is 20.5. The van der Waals surface area contributed by atoms with Crippen LogP contribution in [0.15, 0.2) is 59.1 Å². The second-order valence-corrected chi connectivity index (χ2v) is 9.90. The number of halogens is 1. The average molecular weight is 499 g/mol. The lowest BCUT2D eigenvalue weighted by molar-refractivity contribution is 0.0953. The first-order chi connectivity index (χ1) is 16.2. The Morgan fingerprint density at radius 1 is 1.18 bits per heavy atom. The number of aromatic nitrogens is 4. The largest absolute Gasteiger partial charge is 0.497 e. The maximum atomic E-state index is 6.34. The lowest BCUT2D eigenvalue weighted by Gasteiger charge is -2.14. The summed E-state index contributed by atoms with van der Waals surface area (Å²) >= 11 is 9.59. The minimum Gasteiger partial charge on any atom is -0.497 e. The number of hydrogen-bond donors (Lipinski definition) is 0. The summed E-state index contributed by atoms with van der Waals surface area (Å²) in [6.07, 6.45) is 2.33. The molecule has 6 nitrogen and oxygen atoms in total. The molecule has 1 saturated heterocycles. The Labute approximate surface area is 205 Å². The molecule has 1 unspecified atom stereocenters.